The number of esters is 1. The Hall–Kier alpha value is -1.03. The van der Waals surface area contributed by atoms with Gasteiger partial charge in [0.25, 0.3) is 0 Å². The van der Waals surface area contributed by atoms with E-state index in [-0.39, 0.29) is 12.6 Å². The van der Waals surface area contributed by atoms with Gasteiger partial charge < -0.3 is 9.47 Å². The van der Waals surface area contributed by atoms with Crippen LogP contribution in [-0.2, 0) is 22.4 Å². The van der Waals surface area contributed by atoms with Crippen molar-refractivity contribution in [2.24, 2.45) is 5.92 Å². The molecule has 0 heterocycles. The third-order valence-corrected chi connectivity index (χ3v) is 4.25. The predicted octanol–water partition coefficient (Wildman–Crippen LogP) is 2.74. The van der Waals surface area contributed by atoms with Crippen LogP contribution >= 0.6 is 15.9 Å². The summed E-state index contributed by atoms with van der Waals surface area (Å²) in [4.78, 5) is 11.1. The number of fused-ring (bicyclic) bond motifs is 1. The summed E-state index contributed by atoms with van der Waals surface area (Å²) in [5, 5.41) is 1.04. The Kier molecular flexibility index (Phi) is 4.64. The monoisotopic (exact) mass is 312 g/mol. The third-order valence-electron chi connectivity index (χ3n) is 3.33. The number of benzene rings is 1. The van der Waals surface area contributed by atoms with Crippen molar-refractivity contribution in [1.29, 1.82) is 0 Å². The van der Waals surface area contributed by atoms with Gasteiger partial charge in [-0.15, -0.1) is 0 Å². The molecule has 1 atom stereocenters. The zero-order chi connectivity index (χ0) is 13.0. The lowest BCUT2D eigenvalue weighted by atomic mass is 9.84. The van der Waals surface area contributed by atoms with E-state index >= 15 is 0 Å². The fourth-order valence-corrected chi connectivity index (χ4v) is 2.86. The summed E-state index contributed by atoms with van der Waals surface area (Å²) in [6, 6.07) is 6.06. The molecule has 0 fully saturated rings. The van der Waals surface area contributed by atoms with Crippen LogP contribution in [0.25, 0.3) is 0 Å². The van der Waals surface area contributed by atoms with Gasteiger partial charge in [0.1, 0.15) is 5.75 Å². The summed E-state index contributed by atoms with van der Waals surface area (Å²) >= 11 is 3.55. The molecule has 0 amide bonds. The molecule has 1 unspecified atom stereocenters. The fraction of sp³-hybridized carbons (Fsp3) is 0.500. The molecule has 0 N–H and O–H groups in total. The van der Waals surface area contributed by atoms with Crippen LogP contribution in [0.5, 0.6) is 5.75 Å². The van der Waals surface area contributed by atoms with Crippen LogP contribution in [0.3, 0.4) is 0 Å². The van der Waals surface area contributed by atoms with Gasteiger partial charge in [0.15, 0.2) is 6.61 Å². The summed E-state index contributed by atoms with van der Waals surface area (Å²) in [6.07, 6.45) is 3.26. The van der Waals surface area contributed by atoms with Gasteiger partial charge in [-0.2, -0.15) is 0 Å². The molecule has 0 radical (unpaired) electrons. The number of ether oxygens (including phenoxy) is 2. The lowest BCUT2D eigenvalue weighted by Gasteiger charge is -2.24. The van der Waals surface area contributed by atoms with E-state index in [1.54, 1.807) is 0 Å². The third kappa shape index (κ3) is 3.05. The SMILES string of the molecule is COC(=O)COc1cccc2c1CCC(CBr)C2. The zero-order valence-corrected chi connectivity index (χ0v) is 12.0. The summed E-state index contributed by atoms with van der Waals surface area (Å²) in [7, 11) is 1.37. The van der Waals surface area contributed by atoms with E-state index in [2.05, 4.69) is 26.7 Å². The van der Waals surface area contributed by atoms with Crippen molar-refractivity contribution in [3.63, 3.8) is 0 Å². The minimum Gasteiger partial charge on any atom is -0.482 e. The predicted molar refractivity (Wildman–Crippen MR) is 73.3 cm³/mol. The van der Waals surface area contributed by atoms with Crippen LogP contribution in [-0.4, -0.2) is 25.0 Å². The molecule has 0 aliphatic heterocycles. The highest BCUT2D eigenvalue weighted by atomic mass is 79.9. The largest absolute Gasteiger partial charge is 0.482 e. The fourth-order valence-electron chi connectivity index (χ4n) is 2.31. The Morgan fingerprint density at radius 3 is 3.06 bits per heavy atom. The first kappa shape index (κ1) is 13.4. The number of carbonyl (C=O) groups excluding carboxylic acids is 1. The quantitative estimate of drug-likeness (QED) is 0.633. The molecular formula is C14H17BrO3. The number of alkyl halides is 1. The summed E-state index contributed by atoms with van der Waals surface area (Å²) in [5.41, 5.74) is 2.59. The van der Waals surface area contributed by atoms with E-state index in [4.69, 9.17) is 4.74 Å². The summed E-state index contributed by atoms with van der Waals surface area (Å²) < 4.78 is 10.1. The van der Waals surface area contributed by atoms with E-state index < -0.39 is 0 Å². The molecule has 98 valence electrons. The minimum atomic E-state index is -0.346. The first-order chi connectivity index (χ1) is 8.74. The highest BCUT2D eigenvalue weighted by Gasteiger charge is 2.20. The van der Waals surface area contributed by atoms with Crippen molar-refractivity contribution in [2.75, 3.05) is 19.0 Å². The molecule has 2 rings (SSSR count). The van der Waals surface area contributed by atoms with E-state index in [0.717, 1.165) is 30.3 Å². The highest BCUT2D eigenvalue weighted by molar-refractivity contribution is 9.09. The molecular weight excluding hydrogens is 296 g/mol. The maximum absolute atomic E-state index is 11.1. The van der Waals surface area contributed by atoms with Crippen molar-refractivity contribution in [1.82, 2.24) is 0 Å². The highest BCUT2D eigenvalue weighted by Crippen LogP contribution is 2.32. The van der Waals surface area contributed by atoms with Gasteiger partial charge in [-0.1, -0.05) is 28.1 Å². The topological polar surface area (TPSA) is 35.5 Å². The number of rotatable bonds is 4. The van der Waals surface area contributed by atoms with Crippen LogP contribution in [0.1, 0.15) is 17.5 Å². The average molecular weight is 313 g/mol. The lowest BCUT2D eigenvalue weighted by molar-refractivity contribution is -0.142. The van der Waals surface area contributed by atoms with Gasteiger partial charge in [-0.25, -0.2) is 4.79 Å². The molecule has 0 bridgehead atoms. The number of halogens is 1. The maximum Gasteiger partial charge on any atom is 0.343 e. The summed E-state index contributed by atoms with van der Waals surface area (Å²) in [6.45, 7) is -0.0190. The molecule has 3 nitrogen and oxygen atoms in total. The van der Waals surface area contributed by atoms with Crippen molar-refractivity contribution in [3.05, 3.63) is 29.3 Å². The van der Waals surface area contributed by atoms with Crippen LogP contribution in [0.15, 0.2) is 18.2 Å². The Balaban J connectivity index is 2.11. The van der Waals surface area contributed by atoms with E-state index in [9.17, 15) is 4.79 Å². The average Bonchev–Trinajstić information content (AvgIpc) is 2.43. The normalized spacial score (nSPS) is 18.0. The molecule has 1 aliphatic rings. The minimum absolute atomic E-state index is 0.0190. The molecule has 0 saturated heterocycles. The molecule has 0 spiro atoms. The maximum atomic E-state index is 11.1. The van der Waals surface area contributed by atoms with Gasteiger partial charge in [-0.3, -0.25) is 0 Å². The molecule has 1 aliphatic carbocycles. The summed E-state index contributed by atoms with van der Waals surface area (Å²) in [5.74, 6) is 1.18. The molecule has 0 saturated carbocycles. The number of methoxy groups -OCH3 is 1. The Morgan fingerprint density at radius 2 is 2.33 bits per heavy atom. The van der Waals surface area contributed by atoms with Crippen molar-refractivity contribution < 1.29 is 14.3 Å². The van der Waals surface area contributed by atoms with E-state index in [0.29, 0.717) is 5.92 Å². The number of hydrogen-bond acceptors (Lipinski definition) is 3. The number of hydrogen-bond donors (Lipinski definition) is 0. The molecule has 1 aromatic rings. The first-order valence-corrected chi connectivity index (χ1v) is 7.23. The van der Waals surface area contributed by atoms with Crippen molar-refractivity contribution in [3.8, 4) is 5.75 Å². The van der Waals surface area contributed by atoms with Crippen LogP contribution in [0.4, 0.5) is 0 Å². The second kappa shape index (κ2) is 6.23. The lowest BCUT2D eigenvalue weighted by Crippen LogP contribution is -2.18. The van der Waals surface area contributed by atoms with Gasteiger partial charge in [0, 0.05) is 5.33 Å². The molecule has 0 aromatic heterocycles. The van der Waals surface area contributed by atoms with Crippen LogP contribution < -0.4 is 4.74 Å². The Labute approximate surface area is 116 Å². The number of carbonyl (C=O) groups is 1. The standard InChI is InChI=1S/C14H17BrO3/c1-17-14(16)9-18-13-4-2-3-11-7-10(8-15)5-6-12(11)13/h2-4,10H,5-9H2,1H3. The van der Waals surface area contributed by atoms with E-state index in [1.165, 1.54) is 18.2 Å². The van der Waals surface area contributed by atoms with Gasteiger partial charge in [0.2, 0.25) is 0 Å². The Bertz CT molecular complexity index is 431. The van der Waals surface area contributed by atoms with Gasteiger partial charge >= 0.3 is 5.97 Å². The van der Waals surface area contributed by atoms with Gasteiger partial charge in [-0.05, 0) is 42.4 Å². The molecule has 1 aromatic carbocycles. The molecule has 18 heavy (non-hydrogen) atoms. The van der Waals surface area contributed by atoms with Gasteiger partial charge in [0.05, 0.1) is 7.11 Å². The van der Waals surface area contributed by atoms with E-state index in [1.807, 2.05) is 12.1 Å². The van der Waals surface area contributed by atoms with Crippen molar-refractivity contribution >= 4 is 21.9 Å². The second-order valence-corrected chi connectivity index (χ2v) is 5.17. The Morgan fingerprint density at radius 1 is 1.50 bits per heavy atom. The van der Waals surface area contributed by atoms with Crippen molar-refractivity contribution in [2.45, 2.75) is 19.3 Å². The first-order valence-electron chi connectivity index (χ1n) is 6.11. The molecule has 4 heteroatoms. The zero-order valence-electron chi connectivity index (χ0n) is 10.4. The van der Waals surface area contributed by atoms with Crippen LogP contribution in [0.2, 0.25) is 0 Å². The van der Waals surface area contributed by atoms with Crippen LogP contribution in [0, 0.1) is 5.92 Å². The second-order valence-electron chi connectivity index (χ2n) is 4.52. The smallest absolute Gasteiger partial charge is 0.343 e.